The molecule has 0 bridgehead atoms. The summed E-state index contributed by atoms with van der Waals surface area (Å²) in [6.45, 7) is 0. The molecule has 3 N–H and O–H groups in total. The third-order valence-electron chi connectivity index (χ3n) is 2.72. The Bertz CT molecular complexity index is 649. The van der Waals surface area contributed by atoms with E-state index in [9.17, 15) is 9.18 Å². The van der Waals surface area contributed by atoms with Gasteiger partial charge in [-0.05, 0) is 30.3 Å². The average Bonchev–Trinajstić information content (AvgIpc) is 2.49. The second-order valence-corrected chi connectivity index (χ2v) is 5.24. The number of hydrogen-bond donors (Lipinski definition) is 2. The molecule has 2 rings (SSSR count). The van der Waals surface area contributed by atoms with E-state index in [1.165, 1.54) is 37.1 Å². The Morgan fingerprint density at radius 3 is 2.86 bits per heavy atom. The fraction of sp³-hybridized carbons (Fsp3) is 0.133. The summed E-state index contributed by atoms with van der Waals surface area (Å²) < 4.78 is 18.3. The number of benzene rings is 2. The Hall–Kier alpha value is -2.21. The molecule has 0 saturated heterocycles. The lowest BCUT2D eigenvalue weighted by molar-refractivity contribution is -0.113. The van der Waals surface area contributed by atoms with Crippen LogP contribution in [0.3, 0.4) is 0 Å². The molecule has 0 spiro atoms. The first kappa shape index (κ1) is 15.2. The molecular formula is C15H15FN2O2S. The van der Waals surface area contributed by atoms with Crippen LogP contribution in [0.2, 0.25) is 0 Å². The molecule has 1 amide bonds. The van der Waals surface area contributed by atoms with E-state index in [1.807, 2.05) is 6.07 Å². The van der Waals surface area contributed by atoms with Crippen LogP contribution in [0.5, 0.6) is 5.75 Å². The Labute approximate surface area is 126 Å². The van der Waals surface area contributed by atoms with Crippen LogP contribution in [0.1, 0.15) is 0 Å². The summed E-state index contributed by atoms with van der Waals surface area (Å²) >= 11 is 1.18. The SMILES string of the molecule is COc1ccccc1NC(=O)CSc1cc(F)ccc1N. The number of nitrogens with two attached hydrogens (primary N) is 1. The van der Waals surface area contributed by atoms with Crippen LogP contribution in [0.25, 0.3) is 0 Å². The number of anilines is 2. The molecule has 0 radical (unpaired) electrons. The maximum atomic E-state index is 13.1. The van der Waals surface area contributed by atoms with Crippen molar-refractivity contribution in [3.8, 4) is 5.75 Å². The van der Waals surface area contributed by atoms with Crippen molar-refractivity contribution in [2.24, 2.45) is 0 Å². The Morgan fingerprint density at radius 2 is 2.10 bits per heavy atom. The van der Waals surface area contributed by atoms with Gasteiger partial charge in [0, 0.05) is 10.6 Å². The van der Waals surface area contributed by atoms with Gasteiger partial charge in [0.05, 0.1) is 18.6 Å². The number of para-hydroxylation sites is 2. The highest BCUT2D eigenvalue weighted by atomic mass is 32.2. The molecule has 21 heavy (non-hydrogen) atoms. The zero-order valence-corrected chi connectivity index (χ0v) is 12.2. The van der Waals surface area contributed by atoms with Gasteiger partial charge >= 0.3 is 0 Å². The van der Waals surface area contributed by atoms with Crippen LogP contribution in [0, 0.1) is 5.82 Å². The third-order valence-corrected chi connectivity index (χ3v) is 3.79. The highest BCUT2D eigenvalue weighted by molar-refractivity contribution is 8.00. The number of nitrogens with one attached hydrogen (secondary N) is 1. The largest absolute Gasteiger partial charge is 0.495 e. The molecule has 0 aliphatic rings. The van der Waals surface area contributed by atoms with Gasteiger partial charge in [-0.3, -0.25) is 4.79 Å². The second kappa shape index (κ2) is 6.99. The monoisotopic (exact) mass is 306 g/mol. The first-order valence-electron chi connectivity index (χ1n) is 6.21. The van der Waals surface area contributed by atoms with Crippen molar-refractivity contribution in [2.75, 3.05) is 23.9 Å². The molecule has 110 valence electrons. The van der Waals surface area contributed by atoms with E-state index in [-0.39, 0.29) is 17.5 Å². The van der Waals surface area contributed by atoms with E-state index in [1.54, 1.807) is 18.2 Å². The number of hydrogen-bond acceptors (Lipinski definition) is 4. The van der Waals surface area contributed by atoms with Crippen LogP contribution in [0.15, 0.2) is 47.4 Å². The maximum Gasteiger partial charge on any atom is 0.234 e. The van der Waals surface area contributed by atoms with Crippen molar-refractivity contribution in [3.05, 3.63) is 48.3 Å². The van der Waals surface area contributed by atoms with Crippen molar-refractivity contribution >= 4 is 29.0 Å². The molecule has 2 aromatic carbocycles. The molecule has 0 aliphatic carbocycles. The number of halogens is 1. The molecule has 0 heterocycles. The normalized spacial score (nSPS) is 10.2. The van der Waals surface area contributed by atoms with Crippen LogP contribution >= 0.6 is 11.8 Å². The fourth-order valence-electron chi connectivity index (χ4n) is 1.71. The molecule has 0 aromatic heterocycles. The van der Waals surface area contributed by atoms with Gasteiger partial charge in [-0.2, -0.15) is 0 Å². The summed E-state index contributed by atoms with van der Waals surface area (Å²) in [5, 5.41) is 2.75. The summed E-state index contributed by atoms with van der Waals surface area (Å²) in [5.41, 5.74) is 6.78. The quantitative estimate of drug-likeness (QED) is 0.658. The molecule has 0 atom stereocenters. The lowest BCUT2D eigenvalue weighted by Gasteiger charge is -2.10. The van der Waals surface area contributed by atoms with E-state index in [4.69, 9.17) is 10.5 Å². The maximum absolute atomic E-state index is 13.1. The van der Waals surface area contributed by atoms with E-state index in [0.717, 1.165) is 0 Å². The molecule has 4 nitrogen and oxygen atoms in total. The number of amides is 1. The van der Waals surface area contributed by atoms with Crippen LogP contribution in [0.4, 0.5) is 15.8 Å². The minimum atomic E-state index is -0.378. The molecule has 6 heteroatoms. The van der Waals surface area contributed by atoms with Crippen LogP contribution < -0.4 is 15.8 Å². The zero-order chi connectivity index (χ0) is 15.2. The van der Waals surface area contributed by atoms with Crippen molar-refractivity contribution < 1.29 is 13.9 Å². The number of thioether (sulfide) groups is 1. The highest BCUT2D eigenvalue weighted by Crippen LogP contribution is 2.27. The minimum absolute atomic E-state index is 0.131. The number of methoxy groups -OCH3 is 1. The highest BCUT2D eigenvalue weighted by Gasteiger charge is 2.09. The predicted molar refractivity (Wildman–Crippen MR) is 83.2 cm³/mol. The van der Waals surface area contributed by atoms with E-state index in [0.29, 0.717) is 22.0 Å². The smallest absolute Gasteiger partial charge is 0.234 e. The third kappa shape index (κ3) is 4.13. The van der Waals surface area contributed by atoms with Crippen molar-refractivity contribution in [3.63, 3.8) is 0 Å². The standard InChI is InChI=1S/C15H15FN2O2S/c1-20-13-5-3-2-4-12(13)18-15(19)9-21-14-8-10(16)6-7-11(14)17/h2-8H,9,17H2,1H3,(H,18,19). The first-order chi connectivity index (χ1) is 10.1. The molecule has 0 fully saturated rings. The van der Waals surface area contributed by atoms with Crippen LogP contribution in [-0.4, -0.2) is 18.8 Å². The fourth-order valence-corrected chi connectivity index (χ4v) is 2.50. The van der Waals surface area contributed by atoms with Gasteiger partial charge in [0.1, 0.15) is 11.6 Å². The van der Waals surface area contributed by atoms with Crippen molar-refractivity contribution in [2.45, 2.75) is 4.90 Å². The molecular weight excluding hydrogens is 291 g/mol. The number of nitrogen functional groups attached to an aromatic ring is 1. The van der Waals surface area contributed by atoms with E-state index in [2.05, 4.69) is 5.32 Å². The van der Waals surface area contributed by atoms with E-state index >= 15 is 0 Å². The van der Waals surface area contributed by atoms with Gasteiger partial charge in [-0.1, -0.05) is 12.1 Å². The summed E-state index contributed by atoms with van der Waals surface area (Å²) in [7, 11) is 1.53. The van der Waals surface area contributed by atoms with Gasteiger partial charge in [0.2, 0.25) is 5.91 Å². The summed E-state index contributed by atoms with van der Waals surface area (Å²) in [4.78, 5) is 12.5. The topological polar surface area (TPSA) is 64.3 Å². The zero-order valence-electron chi connectivity index (χ0n) is 11.4. The summed E-state index contributed by atoms with van der Waals surface area (Å²) in [6, 6.07) is 11.2. The summed E-state index contributed by atoms with van der Waals surface area (Å²) in [6.07, 6.45) is 0. The van der Waals surface area contributed by atoms with Gasteiger partial charge < -0.3 is 15.8 Å². The van der Waals surface area contributed by atoms with Crippen LogP contribution in [-0.2, 0) is 4.79 Å². The Morgan fingerprint density at radius 1 is 1.33 bits per heavy atom. The number of ether oxygens (including phenoxy) is 1. The second-order valence-electron chi connectivity index (χ2n) is 4.22. The number of rotatable bonds is 5. The van der Waals surface area contributed by atoms with E-state index < -0.39 is 0 Å². The predicted octanol–water partition coefficient (Wildman–Crippen LogP) is 3.15. The molecule has 2 aromatic rings. The molecule has 0 aliphatic heterocycles. The minimum Gasteiger partial charge on any atom is -0.495 e. The van der Waals surface area contributed by atoms with Gasteiger partial charge in [0.25, 0.3) is 0 Å². The first-order valence-corrected chi connectivity index (χ1v) is 7.19. The van der Waals surface area contributed by atoms with Gasteiger partial charge in [-0.15, -0.1) is 11.8 Å². The lowest BCUT2D eigenvalue weighted by atomic mass is 10.3. The van der Waals surface area contributed by atoms with Gasteiger partial charge in [-0.25, -0.2) is 4.39 Å². The lowest BCUT2D eigenvalue weighted by Crippen LogP contribution is -2.14. The molecule has 0 unspecified atom stereocenters. The Balaban J connectivity index is 1.97. The van der Waals surface area contributed by atoms with Crippen molar-refractivity contribution in [1.29, 1.82) is 0 Å². The average molecular weight is 306 g/mol. The summed E-state index contributed by atoms with van der Waals surface area (Å²) in [5.74, 6) is 0.122. The number of carbonyl (C=O) groups is 1. The van der Waals surface area contributed by atoms with Crippen molar-refractivity contribution in [1.82, 2.24) is 0 Å². The Kier molecular flexibility index (Phi) is 5.05. The number of carbonyl (C=O) groups excluding carboxylic acids is 1. The molecule has 0 saturated carbocycles. The van der Waals surface area contributed by atoms with Gasteiger partial charge in [0.15, 0.2) is 0 Å².